The average molecular weight is 503 g/mol. The number of carbonyl (C=O) groups is 2. The number of fused-ring (bicyclic) bond motifs is 1. The van der Waals surface area contributed by atoms with Crippen molar-refractivity contribution in [2.75, 3.05) is 6.61 Å². The summed E-state index contributed by atoms with van der Waals surface area (Å²) in [7, 11) is 0. The van der Waals surface area contributed by atoms with Crippen molar-refractivity contribution in [1.29, 1.82) is 0 Å². The highest BCUT2D eigenvalue weighted by molar-refractivity contribution is 9.10. The van der Waals surface area contributed by atoms with E-state index in [1.807, 2.05) is 48.5 Å². The molecule has 3 aromatic carbocycles. The van der Waals surface area contributed by atoms with Crippen molar-refractivity contribution in [3.63, 3.8) is 0 Å². The smallest absolute Gasteiger partial charge is 0.374 e. The minimum absolute atomic E-state index is 0.0241. The molecule has 5 rings (SSSR count). The van der Waals surface area contributed by atoms with Gasteiger partial charge in [0.2, 0.25) is 5.76 Å². The Morgan fingerprint density at radius 2 is 1.73 bits per heavy atom. The first-order valence-corrected chi connectivity index (χ1v) is 11.2. The summed E-state index contributed by atoms with van der Waals surface area (Å²) < 4.78 is 10.8. The number of hydrogen-bond donors (Lipinski definition) is 0. The van der Waals surface area contributed by atoms with E-state index in [4.69, 9.17) is 9.15 Å². The van der Waals surface area contributed by atoms with Gasteiger partial charge in [-0.2, -0.15) is 5.10 Å². The van der Waals surface area contributed by atoms with Crippen LogP contribution in [-0.4, -0.2) is 29.2 Å². The second kappa shape index (κ2) is 9.03. The number of furan rings is 1. The Labute approximate surface area is 198 Å². The third kappa shape index (κ3) is 4.45. The SMILES string of the molecule is O=C(OCC(=O)N1N=C(c2ccc3ccccc3c2)CC1c1ccccc1)c1ccc(Br)o1. The second-order valence-electron chi connectivity index (χ2n) is 7.66. The summed E-state index contributed by atoms with van der Waals surface area (Å²) in [5.41, 5.74) is 2.73. The average Bonchev–Trinajstić information content (AvgIpc) is 3.49. The van der Waals surface area contributed by atoms with Gasteiger partial charge in [-0.05, 0) is 56.0 Å². The van der Waals surface area contributed by atoms with E-state index in [2.05, 4.69) is 45.3 Å². The van der Waals surface area contributed by atoms with E-state index in [9.17, 15) is 9.59 Å². The maximum Gasteiger partial charge on any atom is 0.374 e. The number of esters is 1. The van der Waals surface area contributed by atoms with Crippen LogP contribution in [0.2, 0.25) is 0 Å². The quantitative estimate of drug-likeness (QED) is 0.326. The highest BCUT2D eigenvalue weighted by Crippen LogP contribution is 2.33. The predicted molar refractivity (Wildman–Crippen MR) is 128 cm³/mol. The lowest BCUT2D eigenvalue weighted by molar-refractivity contribution is -0.136. The van der Waals surface area contributed by atoms with E-state index in [0.717, 1.165) is 27.6 Å². The van der Waals surface area contributed by atoms with Gasteiger partial charge in [-0.15, -0.1) is 0 Å². The highest BCUT2D eigenvalue weighted by atomic mass is 79.9. The van der Waals surface area contributed by atoms with E-state index in [0.29, 0.717) is 11.1 Å². The number of halogens is 1. The Kier molecular flexibility index (Phi) is 5.79. The molecule has 0 N–H and O–H groups in total. The third-order valence-electron chi connectivity index (χ3n) is 5.53. The van der Waals surface area contributed by atoms with Gasteiger partial charge in [0.05, 0.1) is 11.8 Å². The first-order valence-electron chi connectivity index (χ1n) is 10.4. The van der Waals surface area contributed by atoms with Crippen molar-refractivity contribution < 1.29 is 18.7 Å². The van der Waals surface area contributed by atoms with Gasteiger partial charge in [0.1, 0.15) is 0 Å². The van der Waals surface area contributed by atoms with Gasteiger partial charge in [-0.3, -0.25) is 4.79 Å². The van der Waals surface area contributed by atoms with E-state index >= 15 is 0 Å². The van der Waals surface area contributed by atoms with Crippen LogP contribution in [0.1, 0.15) is 34.1 Å². The van der Waals surface area contributed by atoms with Crippen LogP contribution >= 0.6 is 15.9 Å². The van der Waals surface area contributed by atoms with Crippen molar-refractivity contribution in [3.05, 3.63) is 106 Å². The third-order valence-corrected chi connectivity index (χ3v) is 5.96. The molecule has 1 aromatic heterocycles. The van der Waals surface area contributed by atoms with Crippen LogP contribution in [0.5, 0.6) is 0 Å². The van der Waals surface area contributed by atoms with Crippen molar-refractivity contribution >= 4 is 44.3 Å². The molecule has 33 heavy (non-hydrogen) atoms. The summed E-state index contributed by atoms with van der Waals surface area (Å²) in [5, 5.41) is 8.33. The number of amides is 1. The largest absolute Gasteiger partial charge is 0.450 e. The number of hydrogen-bond acceptors (Lipinski definition) is 5. The van der Waals surface area contributed by atoms with E-state index < -0.39 is 18.5 Å². The predicted octanol–water partition coefficient (Wildman–Crippen LogP) is 5.73. The standard InChI is InChI=1S/C26H19BrN2O4/c27-24-13-12-23(33-24)26(31)32-16-25(30)29-22(18-7-2-1-3-8-18)15-21(28-29)20-11-10-17-6-4-5-9-19(17)14-20/h1-14,22H,15-16H2. The first kappa shape index (κ1) is 21.2. The lowest BCUT2D eigenvalue weighted by Crippen LogP contribution is -2.31. The Morgan fingerprint density at radius 3 is 2.48 bits per heavy atom. The molecule has 164 valence electrons. The number of carbonyl (C=O) groups excluding carboxylic acids is 2. The van der Waals surface area contributed by atoms with Gasteiger partial charge >= 0.3 is 5.97 Å². The molecule has 0 saturated carbocycles. The molecule has 1 unspecified atom stereocenters. The van der Waals surface area contributed by atoms with Crippen molar-refractivity contribution in [1.82, 2.24) is 5.01 Å². The van der Waals surface area contributed by atoms with Crippen LogP contribution in [0.4, 0.5) is 0 Å². The van der Waals surface area contributed by atoms with Gasteiger partial charge < -0.3 is 9.15 Å². The van der Waals surface area contributed by atoms with Gasteiger partial charge in [0, 0.05) is 6.42 Å². The summed E-state index contributed by atoms with van der Waals surface area (Å²) in [6.07, 6.45) is 0.563. The number of hydrazone groups is 1. The molecule has 0 fully saturated rings. The first-order chi connectivity index (χ1) is 16.1. The molecule has 7 heteroatoms. The Hall–Kier alpha value is -3.71. The molecular weight excluding hydrogens is 484 g/mol. The van der Waals surface area contributed by atoms with Crippen LogP contribution in [0.3, 0.4) is 0 Å². The molecule has 6 nitrogen and oxygen atoms in total. The van der Waals surface area contributed by atoms with Crippen molar-refractivity contribution in [2.45, 2.75) is 12.5 Å². The monoisotopic (exact) mass is 502 g/mol. The van der Waals surface area contributed by atoms with Crippen molar-refractivity contribution in [2.24, 2.45) is 5.10 Å². The zero-order valence-electron chi connectivity index (χ0n) is 17.5. The molecule has 0 spiro atoms. The maximum atomic E-state index is 13.1. The molecule has 1 atom stereocenters. The van der Waals surface area contributed by atoms with E-state index in [-0.39, 0.29) is 11.8 Å². The molecule has 1 aliphatic rings. The van der Waals surface area contributed by atoms with Crippen LogP contribution < -0.4 is 0 Å². The molecule has 0 saturated heterocycles. The Bertz CT molecular complexity index is 1360. The molecule has 0 radical (unpaired) electrons. The minimum Gasteiger partial charge on any atom is -0.450 e. The van der Waals surface area contributed by atoms with Crippen LogP contribution in [0.25, 0.3) is 10.8 Å². The van der Waals surface area contributed by atoms with Gasteiger partial charge in [-0.1, -0.05) is 66.7 Å². The molecule has 0 bridgehead atoms. The Balaban J connectivity index is 1.40. The number of benzene rings is 3. The number of rotatable bonds is 5. The molecule has 2 heterocycles. The molecular formula is C26H19BrN2O4. The summed E-state index contributed by atoms with van der Waals surface area (Å²) in [6, 6.07) is 26.8. The topological polar surface area (TPSA) is 72.1 Å². The minimum atomic E-state index is -0.705. The van der Waals surface area contributed by atoms with Crippen molar-refractivity contribution in [3.8, 4) is 0 Å². The Morgan fingerprint density at radius 1 is 0.970 bits per heavy atom. The molecule has 1 aliphatic heterocycles. The fraction of sp³-hybridized carbons (Fsp3) is 0.115. The highest BCUT2D eigenvalue weighted by Gasteiger charge is 2.33. The van der Waals surface area contributed by atoms with Gasteiger partial charge in [-0.25, -0.2) is 9.80 Å². The molecule has 4 aromatic rings. The number of nitrogens with zero attached hydrogens (tertiary/aromatic N) is 2. The summed E-state index contributed by atoms with van der Waals surface area (Å²) in [4.78, 5) is 25.3. The summed E-state index contributed by atoms with van der Waals surface area (Å²) in [6.45, 7) is -0.436. The molecule has 0 aliphatic carbocycles. The van der Waals surface area contributed by atoms with E-state index in [1.54, 1.807) is 6.07 Å². The zero-order chi connectivity index (χ0) is 22.8. The van der Waals surface area contributed by atoms with Crippen LogP contribution in [-0.2, 0) is 9.53 Å². The fourth-order valence-electron chi connectivity index (χ4n) is 3.91. The van der Waals surface area contributed by atoms with Gasteiger partial charge in [0.25, 0.3) is 5.91 Å². The van der Waals surface area contributed by atoms with Crippen LogP contribution in [0.15, 0.2) is 99.1 Å². The zero-order valence-corrected chi connectivity index (χ0v) is 19.1. The lowest BCUT2D eigenvalue weighted by Gasteiger charge is -2.21. The number of ether oxygens (including phenoxy) is 1. The summed E-state index contributed by atoms with van der Waals surface area (Å²) >= 11 is 3.14. The van der Waals surface area contributed by atoms with Gasteiger partial charge in [0.15, 0.2) is 11.3 Å². The fourth-order valence-corrected chi connectivity index (χ4v) is 4.21. The molecule has 1 amide bonds. The summed E-state index contributed by atoms with van der Waals surface area (Å²) in [5.74, 6) is -1.09. The van der Waals surface area contributed by atoms with Crippen LogP contribution in [0, 0.1) is 0 Å². The lowest BCUT2D eigenvalue weighted by atomic mass is 9.97. The maximum absolute atomic E-state index is 13.1. The normalized spacial score (nSPS) is 15.5. The second-order valence-corrected chi connectivity index (χ2v) is 8.44. The van der Waals surface area contributed by atoms with E-state index in [1.165, 1.54) is 11.1 Å².